The van der Waals surface area contributed by atoms with Crippen LogP contribution in [0.1, 0.15) is 46.0 Å². The fraction of sp³-hybridized carbons (Fsp3) is 1.00. The first kappa shape index (κ1) is 12.4. The molecule has 2 heteroatoms. The minimum Gasteiger partial charge on any atom is -0.387 e. The van der Waals surface area contributed by atoms with Crippen LogP contribution in [-0.2, 0) is 4.74 Å². The second-order valence-electron chi connectivity index (χ2n) is 6.31. The van der Waals surface area contributed by atoms with Crippen molar-refractivity contribution in [2.24, 2.45) is 23.7 Å². The molecule has 2 fully saturated rings. The molecule has 3 unspecified atom stereocenters. The highest BCUT2D eigenvalue weighted by atomic mass is 16.5. The van der Waals surface area contributed by atoms with Gasteiger partial charge in [0.05, 0.1) is 12.2 Å². The van der Waals surface area contributed by atoms with Gasteiger partial charge < -0.3 is 9.84 Å². The number of rotatable bonds is 4. The molecule has 0 spiro atoms. The summed E-state index contributed by atoms with van der Waals surface area (Å²) in [5.41, 5.74) is -0.530. The van der Waals surface area contributed by atoms with Crippen LogP contribution in [0.4, 0.5) is 0 Å². The van der Waals surface area contributed by atoms with E-state index in [0.29, 0.717) is 18.4 Å². The third-order valence-corrected chi connectivity index (χ3v) is 4.55. The number of hydrogen-bond donors (Lipinski definition) is 1. The van der Waals surface area contributed by atoms with Gasteiger partial charge in [0.2, 0.25) is 0 Å². The van der Waals surface area contributed by atoms with Gasteiger partial charge in [0.25, 0.3) is 0 Å². The molecule has 2 nitrogen and oxygen atoms in total. The fourth-order valence-electron chi connectivity index (χ4n) is 3.74. The first-order valence-corrected chi connectivity index (χ1v) is 6.77. The lowest BCUT2D eigenvalue weighted by atomic mass is 9.68. The van der Waals surface area contributed by atoms with Gasteiger partial charge >= 0.3 is 0 Å². The highest BCUT2D eigenvalue weighted by Gasteiger charge is 2.50. The van der Waals surface area contributed by atoms with Crippen LogP contribution in [-0.4, -0.2) is 24.4 Å². The summed E-state index contributed by atoms with van der Waals surface area (Å²) in [6.07, 6.45) is 6.07. The van der Waals surface area contributed by atoms with Gasteiger partial charge in [-0.1, -0.05) is 13.8 Å². The average Bonchev–Trinajstić information content (AvgIpc) is 2.99. The van der Waals surface area contributed by atoms with Crippen molar-refractivity contribution in [3.63, 3.8) is 0 Å². The smallest absolute Gasteiger partial charge is 0.0936 e. The van der Waals surface area contributed by atoms with Crippen LogP contribution in [0.5, 0.6) is 0 Å². The summed E-state index contributed by atoms with van der Waals surface area (Å²) in [6.45, 7) is 5.17. The van der Waals surface area contributed by atoms with Gasteiger partial charge in [-0.2, -0.15) is 0 Å². The molecule has 94 valence electrons. The average molecular weight is 226 g/mol. The van der Waals surface area contributed by atoms with Crippen LogP contribution in [0.2, 0.25) is 0 Å². The molecule has 1 N–H and O–H groups in total. The Bertz CT molecular complexity index is 227. The lowest BCUT2D eigenvalue weighted by molar-refractivity contribution is -0.109. The molecule has 3 atom stereocenters. The van der Waals surface area contributed by atoms with E-state index in [4.69, 9.17) is 4.74 Å². The second kappa shape index (κ2) is 4.66. The topological polar surface area (TPSA) is 29.5 Å². The Kier molecular flexibility index (Phi) is 3.60. The van der Waals surface area contributed by atoms with Gasteiger partial charge in [-0.05, 0) is 55.8 Å². The quantitative estimate of drug-likeness (QED) is 0.798. The largest absolute Gasteiger partial charge is 0.387 e. The molecule has 0 aromatic heterocycles. The van der Waals surface area contributed by atoms with Crippen molar-refractivity contribution >= 4 is 0 Å². The lowest BCUT2D eigenvalue weighted by Gasteiger charge is -2.42. The van der Waals surface area contributed by atoms with Crippen LogP contribution >= 0.6 is 0 Å². The Hall–Kier alpha value is -0.0800. The molecule has 0 heterocycles. The van der Waals surface area contributed by atoms with Crippen LogP contribution in [0.3, 0.4) is 0 Å². The maximum atomic E-state index is 10.9. The van der Waals surface area contributed by atoms with Gasteiger partial charge in [0.15, 0.2) is 0 Å². The molecule has 0 aliphatic heterocycles. The third-order valence-electron chi connectivity index (χ3n) is 4.55. The van der Waals surface area contributed by atoms with Gasteiger partial charge in [-0.25, -0.2) is 0 Å². The molecule has 0 aromatic rings. The van der Waals surface area contributed by atoms with Gasteiger partial charge in [-0.3, -0.25) is 0 Å². The zero-order valence-electron chi connectivity index (χ0n) is 10.9. The van der Waals surface area contributed by atoms with E-state index >= 15 is 0 Å². The van der Waals surface area contributed by atoms with E-state index in [1.54, 1.807) is 7.11 Å². The molecular formula is C14H26O2. The molecule has 2 aliphatic rings. The molecule has 0 saturated heterocycles. The zero-order valence-corrected chi connectivity index (χ0v) is 10.9. The Morgan fingerprint density at radius 2 is 1.62 bits per heavy atom. The van der Waals surface area contributed by atoms with Crippen molar-refractivity contribution < 1.29 is 9.84 Å². The Labute approximate surface area is 99.4 Å². The number of methoxy groups -OCH3 is 1. The van der Waals surface area contributed by atoms with Crippen LogP contribution in [0.15, 0.2) is 0 Å². The molecule has 0 aromatic carbocycles. The van der Waals surface area contributed by atoms with Crippen molar-refractivity contribution in [2.75, 3.05) is 13.7 Å². The van der Waals surface area contributed by atoms with Crippen LogP contribution in [0.25, 0.3) is 0 Å². The molecular weight excluding hydrogens is 200 g/mol. The van der Waals surface area contributed by atoms with Crippen LogP contribution in [0, 0.1) is 23.7 Å². The van der Waals surface area contributed by atoms with Gasteiger partial charge in [-0.15, -0.1) is 0 Å². The third kappa shape index (κ3) is 2.43. The molecule has 0 radical (unpaired) electrons. The predicted octanol–water partition coefficient (Wildman–Crippen LogP) is 2.85. The first-order valence-electron chi connectivity index (χ1n) is 6.77. The fourth-order valence-corrected chi connectivity index (χ4v) is 3.74. The first-order chi connectivity index (χ1) is 7.56. The normalized spacial score (nSPS) is 39.4. The summed E-state index contributed by atoms with van der Waals surface area (Å²) in [6, 6.07) is 0. The molecule has 2 rings (SSSR count). The highest BCUT2D eigenvalue weighted by Crippen LogP contribution is 2.49. The maximum absolute atomic E-state index is 10.9. The van der Waals surface area contributed by atoms with E-state index in [2.05, 4.69) is 13.8 Å². The minimum absolute atomic E-state index is 0.457. The van der Waals surface area contributed by atoms with E-state index in [9.17, 15) is 5.11 Å². The van der Waals surface area contributed by atoms with E-state index in [0.717, 1.165) is 11.8 Å². The van der Waals surface area contributed by atoms with Crippen molar-refractivity contribution in [1.82, 2.24) is 0 Å². The van der Waals surface area contributed by atoms with E-state index in [1.165, 1.54) is 32.1 Å². The van der Waals surface area contributed by atoms with E-state index in [-0.39, 0.29) is 0 Å². The summed E-state index contributed by atoms with van der Waals surface area (Å²) in [4.78, 5) is 0. The van der Waals surface area contributed by atoms with Gasteiger partial charge in [0.1, 0.15) is 0 Å². The van der Waals surface area contributed by atoms with Gasteiger partial charge in [0, 0.05) is 7.11 Å². The zero-order chi connectivity index (χ0) is 11.8. The Balaban J connectivity index is 2.06. The number of hydrogen-bond acceptors (Lipinski definition) is 2. The summed E-state index contributed by atoms with van der Waals surface area (Å²) in [7, 11) is 1.71. The van der Waals surface area contributed by atoms with Crippen molar-refractivity contribution in [1.29, 1.82) is 0 Å². The summed E-state index contributed by atoms with van der Waals surface area (Å²) < 4.78 is 5.28. The Morgan fingerprint density at radius 3 is 2.06 bits per heavy atom. The van der Waals surface area contributed by atoms with Crippen molar-refractivity contribution in [3.8, 4) is 0 Å². The van der Waals surface area contributed by atoms with E-state index < -0.39 is 5.60 Å². The molecule has 16 heavy (non-hydrogen) atoms. The number of aliphatic hydroxyl groups is 1. The van der Waals surface area contributed by atoms with Crippen LogP contribution < -0.4 is 0 Å². The summed E-state index contributed by atoms with van der Waals surface area (Å²) >= 11 is 0. The molecule has 2 saturated carbocycles. The summed E-state index contributed by atoms with van der Waals surface area (Å²) in [5, 5.41) is 10.9. The predicted molar refractivity (Wildman–Crippen MR) is 65.2 cm³/mol. The SMILES string of the molecule is COCC(O)(C1CC1)C1CC(C)CC(C)C1. The highest BCUT2D eigenvalue weighted by molar-refractivity contribution is 5.01. The van der Waals surface area contributed by atoms with Crippen molar-refractivity contribution in [3.05, 3.63) is 0 Å². The lowest BCUT2D eigenvalue weighted by Crippen LogP contribution is -2.47. The second-order valence-corrected chi connectivity index (χ2v) is 6.31. The standard InChI is InChI=1S/C14H26O2/c1-10-6-11(2)8-13(7-10)14(15,9-16-3)12-4-5-12/h10-13,15H,4-9H2,1-3H3. The Morgan fingerprint density at radius 1 is 1.06 bits per heavy atom. The van der Waals surface area contributed by atoms with E-state index in [1.807, 2.05) is 0 Å². The molecule has 0 amide bonds. The summed E-state index contributed by atoms with van der Waals surface area (Å²) in [5.74, 6) is 2.49. The minimum atomic E-state index is -0.530. The monoisotopic (exact) mass is 226 g/mol. The maximum Gasteiger partial charge on any atom is 0.0936 e. The van der Waals surface area contributed by atoms with Crippen molar-refractivity contribution in [2.45, 2.75) is 51.6 Å². The molecule has 2 aliphatic carbocycles. The molecule has 0 bridgehead atoms. The number of ether oxygens (including phenoxy) is 1.